The van der Waals surface area contributed by atoms with Crippen molar-refractivity contribution >= 4 is 25.9 Å². The van der Waals surface area contributed by atoms with Crippen LogP contribution in [0.5, 0.6) is 5.75 Å². The maximum Gasteiger partial charge on any atom is 0.459 e. The third kappa shape index (κ3) is 6.70. The first-order valence-electron chi connectivity index (χ1n) is 11.2. The molecular weight excluding hydrogens is 570 g/mol. The van der Waals surface area contributed by atoms with Gasteiger partial charge in [-0.2, -0.15) is 18.3 Å². The fraction of sp³-hybridized carbons (Fsp3) is 0.409. The highest BCUT2D eigenvalue weighted by Crippen LogP contribution is 2.51. The molecule has 0 saturated carbocycles. The highest BCUT2D eigenvalue weighted by Gasteiger charge is 2.69. The molecule has 0 saturated heterocycles. The van der Waals surface area contributed by atoms with Gasteiger partial charge in [-0.15, -0.1) is 0 Å². The van der Waals surface area contributed by atoms with Gasteiger partial charge in [0.15, 0.2) is 11.5 Å². The zero-order valence-corrected chi connectivity index (χ0v) is 22.4. The van der Waals surface area contributed by atoms with Crippen LogP contribution in [0.4, 0.5) is 13.2 Å². The summed E-state index contributed by atoms with van der Waals surface area (Å²) in [4.78, 5) is 26.6. The molecule has 4 N–H and O–H groups in total. The molecule has 2 aromatic rings. The molecule has 3 rings (SSSR count). The molecule has 0 radical (unpaired) electrons. The number of para-hydroxylation sites is 1. The molecule has 12 nitrogen and oxygen atoms in total. The van der Waals surface area contributed by atoms with Crippen LogP contribution in [0.15, 0.2) is 58.9 Å². The fourth-order valence-electron chi connectivity index (χ4n) is 3.33. The lowest BCUT2D eigenvalue weighted by Crippen LogP contribution is -2.53. The van der Waals surface area contributed by atoms with Crippen LogP contribution in [0.25, 0.3) is 0 Å². The van der Waals surface area contributed by atoms with Crippen molar-refractivity contribution in [3.63, 3.8) is 0 Å². The zero-order chi connectivity index (χ0) is 29.2. The molecule has 17 heteroatoms. The number of halogens is 3. The first-order chi connectivity index (χ1) is 18.1. The Labute approximate surface area is 224 Å². The number of ether oxygens (including phenoxy) is 2. The molecular formula is C22H25F3N3O9PS. The van der Waals surface area contributed by atoms with Gasteiger partial charge in [-0.1, -0.05) is 30.4 Å². The van der Waals surface area contributed by atoms with E-state index in [1.54, 1.807) is 19.9 Å². The molecule has 1 aromatic heterocycles. The van der Waals surface area contributed by atoms with Gasteiger partial charge in [-0.05, 0) is 39.0 Å². The average molecular weight is 595 g/mol. The van der Waals surface area contributed by atoms with Gasteiger partial charge in [0, 0.05) is 6.20 Å². The molecule has 39 heavy (non-hydrogen) atoms. The van der Waals surface area contributed by atoms with E-state index in [0.29, 0.717) is 4.57 Å². The lowest BCUT2D eigenvalue weighted by Gasteiger charge is -2.31. The fourth-order valence-corrected chi connectivity index (χ4v) is 4.92. The second-order valence-electron chi connectivity index (χ2n) is 8.54. The highest BCUT2D eigenvalue weighted by molar-refractivity contribution is 7.71. The maximum absolute atomic E-state index is 14.0. The van der Waals surface area contributed by atoms with Crippen molar-refractivity contribution in [1.29, 1.82) is 0 Å². The SMILES string of the molecule is CC(C)OC(=O)[C@H](C)NP(=O)(OCC1=C(O)C(O)(C(F)(F)F)[C@H](n2ccc(=S)[nH]c2=O)O1)Oc1ccccc1. The molecule has 1 aliphatic heterocycles. The van der Waals surface area contributed by atoms with Gasteiger partial charge < -0.3 is 24.2 Å². The molecule has 2 unspecified atom stereocenters. The number of aliphatic hydroxyl groups is 2. The largest absolute Gasteiger partial charge is 0.506 e. The Bertz CT molecular complexity index is 1400. The van der Waals surface area contributed by atoms with Gasteiger partial charge >= 0.3 is 25.6 Å². The Morgan fingerprint density at radius 1 is 1.28 bits per heavy atom. The number of H-pyrrole nitrogens is 1. The molecule has 4 atom stereocenters. The summed E-state index contributed by atoms with van der Waals surface area (Å²) in [7, 11) is -4.59. The van der Waals surface area contributed by atoms with Crippen LogP contribution in [-0.4, -0.2) is 56.3 Å². The van der Waals surface area contributed by atoms with Gasteiger partial charge in [0.25, 0.3) is 5.60 Å². The summed E-state index contributed by atoms with van der Waals surface area (Å²) >= 11 is 4.76. The van der Waals surface area contributed by atoms with Gasteiger partial charge in [-0.25, -0.2) is 9.36 Å². The minimum absolute atomic E-state index is 0.000862. The van der Waals surface area contributed by atoms with Crippen molar-refractivity contribution in [2.24, 2.45) is 0 Å². The molecule has 0 amide bonds. The van der Waals surface area contributed by atoms with Crippen molar-refractivity contribution in [1.82, 2.24) is 14.6 Å². The van der Waals surface area contributed by atoms with Crippen LogP contribution in [0.2, 0.25) is 0 Å². The van der Waals surface area contributed by atoms with Crippen LogP contribution < -0.4 is 15.3 Å². The lowest BCUT2D eigenvalue weighted by molar-refractivity contribution is -0.286. The smallest absolute Gasteiger partial charge is 0.459 e. The summed E-state index contributed by atoms with van der Waals surface area (Å²) in [6, 6.07) is 7.25. The molecule has 1 aromatic carbocycles. The summed E-state index contributed by atoms with van der Waals surface area (Å²) in [5, 5.41) is 23.3. The van der Waals surface area contributed by atoms with Gasteiger partial charge in [-0.3, -0.25) is 18.9 Å². The van der Waals surface area contributed by atoms with Crippen molar-refractivity contribution in [3.05, 3.63) is 69.2 Å². The standard InChI is InChI=1S/C22H25F3N3O9PS/c1-12(2)35-18(30)13(3)27-38(33,37-14-7-5-4-6-8-14)34-11-15-17(29)21(32,22(23,24)25)19(36-15)28-10-9-16(39)26-20(28)31/h4-10,12-13,19,29,32H,11H2,1-3H3,(H,27,33)(H,26,31,39)/t13-,19+,21?,38?/m0/s1. The van der Waals surface area contributed by atoms with E-state index in [-0.39, 0.29) is 10.4 Å². The number of nitrogens with one attached hydrogen (secondary N) is 2. The van der Waals surface area contributed by atoms with E-state index in [9.17, 15) is 37.5 Å². The first kappa shape index (κ1) is 30.4. The average Bonchev–Trinajstić information content (AvgIpc) is 3.09. The number of carbonyl (C=O) groups excluding carboxylic acids is 1. The van der Waals surface area contributed by atoms with Crippen LogP contribution in [0.3, 0.4) is 0 Å². The highest BCUT2D eigenvalue weighted by atomic mass is 32.1. The molecule has 0 fully saturated rings. The lowest BCUT2D eigenvalue weighted by atomic mass is 9.99. The summed E-state index contributed by atoms with van der Waals surface area (Å²) in [6.07, 6.45) is -7.78. The van der Waals surface area contributed by atoms with Gasteiger partial charge in [0.1, 0.15) is 23.0 Å². The van der Waals surface area contributed by atoms with Crippen LogP contribution >= 0.6 is 20.0 Å². The van der Waals surface area contributed by atoms with E-state index < -0.39 is 67.7 Å². The van der Waals surface area contributed by atoms with Crippen molar-refractivity contribution in [2.75, 3.05) is 6.61 Å². The van der Waals surface area contributed by atoms with E-state index >= 15 is 0 Å². The summed E-state index contributed by atoms with van der Waals surface area (Å²) in [6.45, 7) is 3.29. The molecule has 0 spiro atoms. The number of hydrogen-bond acceptors (Lipinski definition) is 10. The number of carbonyl (C=O) groups is 1. The normalized spacial score (nSPS) is 21.8. The van der Waals surface area contributed by atoms with Gasteiger partial charge in [0.2, 0.25) is 6.23 Å². The Morgan fingerprint density at radius 3 is 2.49 bits per heavy atom. The number of alkyl halides is 3. The summed E-state index contributed by atoms with van der Waals surface area (Å²) < 4.78 is 76.5. The summed E-state index contributed by atoms with van der Waals surface area (Å²) in [5.41, 5.74) is -5.28. The van der Waals surface area contributed by atoms with E-state index in [1.165, 1.54) is 31.2 Å². The maximum atomic E-state index is 14.0. The third-order valence-corrected chi connectivity index (χ3v) is 7.03. The molecule has 0 bridgehead atoms. The van der Waals surface area contributed by atoms with E-state index in [0.717, 1.165) is 12.3 Å². The van der Waals surface area contributed by atoms with E-state index in [4.69, 9.17) is 30.7 Å². The zero-order valence-electron chi connectivity index (χ0n) is 20.7. The third-order valence-electron chi connectivity index (χ3n) is 5.16. The number of hydrogen-bond donors (Lipinski definition) is 4. The second-order valence-corrected chi connectivity index (χ2v) is 10.7. The molecule has 1 aliphatic rings. The monoisotopic (exact) mass is 595 g/mol. The number of aliphatic hydroxyl groups excluding tert-OH is 1. The van der Waals surface area contributed by atoms with Gasteiger partial charge in [0.05, 0.1) is 6.10 Å². The molecule has 2 heterocycles. The minimum Gasteiger partial charge on any atom is -0.506 e. The molecule has 0 aliphatic carbocycles. The number of benzene rings is 1. The van der Waals surface area contributed by atoms with Crippen molar-refractivity contribution in [3.8, 4) is 5.75 Å². The number of nitrogens with zero attached hydrogens (tertiary/aromatic N) is 1. The minimum atomic E-state index is -5.55. The van der Waals surface area contributed by atoms with Crippen molar-refractivity contribution in [2.45, 2.75) is 50.9 Å². The summed E-state index contributed by atoms with van der Waals surface area (Å²) in [5.74, 6) is -3.59. The number of aromatic amines is 1. The topological polar surface area (TPSA) is 161 Å². The second kappa shape index (κ2) is 11.5. The Hall–Kier alpha value is -3.17. The number of rotatable bonds is 10. The predicted molar refractivity (Wildman–Crippen MR) is 131 cm³/mol. The van der Waals surface area contributed by atoms with E-state index in [1.807, 2.05) is 0 Å². The van der Waals surface area contributed by atoms with Crippen LogP contribution in [0, 0.1) is 4.64 Å². The first-order valence-corrected chi connectivity index (χ1v) is 13.2. The molecule has 214 valence electrons. The quantitative estimate of drug-likeness (QED) is 0.180. The Kier molecular flexibility index (Phi) is 8.97. The van der Waals surface area contributed by atoms with Crippen LogP contribution in [-0.2, 0) is 23.4 Å². The number of aromatic nitrogens is 2. The Morgan fingerprint density at radius 2 is 1.92 bits per heavy atom. The van der Waals surface area contributed by atoms with E-state index in [2.05, 4.69) is 10.1 Å². The number of esters is 1. The van der Waals surface area contributed by atoms with Crippen molar-refractivity contribution < 1.29 is 51.3 Å². The van der Waals surface area contributed by atoms with Crippen LogP contribution in [0.1, 0.15) is 27.0 Å². The predicted octanol–water partition coefficient (Wildman–Crippen LogP) is 3.63. The Balaban J connectivity index is 1.94.